The summed E-state index contributed by atoms with van der Waals surface area (Å²) in [7, 11) is -3.28. The topological polar surface area (TPSA) is 56.8 Å². The van der Waals surface area contributed by atoms with E-state index in [-0.39, 0.29) is 0 Å². The van der Waals surface area contributed by atoms with Gasteiger partial charge in [-0.25, -0.2) is 4.98 Å². The van der Waals surface area contributed by atoms with Crippen LogP contribution < -0.4 is 4.90 Å². The third-order valence-corrected chi connectivity index (χ3v) is 7.73. The Bertz CT molecular complexity index is 808. The molecule has 0 N–H and O–H groups in total. The molecule has 0 atom stereocenters. The van der Waals surface area contributed by atoms with Gasteiger partial charge in [-0.15, -0.1) is 11.3 Å². The number of benzene rings is 1. The van der Waals surface area contributed by atoms with Crippen LogP contribution in [0.1, 0.15) is 12.8 Å². The molecule has 0 saturated carbocycles. The summed E-state index contributed by atoms with van der Waals surface area (Å²) in [6.07, 6.45) is 1.95. The van der Waals surface area contributed by atoms with Gasteiger partial charge in [-0.3, -0.25) is 0 Å². The SMILES string of the molecule is O=S(=O)(N1CCCC1)N1CCN(c2nc(-c3ccccc3)cs2)CC1. The van der Waals surface area contributed by atoms with Crippen molar-refractivity contribution >= 4 is 26.7 Å². The zero-order chi connectivity index (χ0) is 17.3. The van der Waals surface area contributed by atoms with Crippen molar-refractivity contribution in [2.75, 3.05) is 44.2 Å². The van der Waals surface area contributed by atoms with Crippen molar-refractivity contribution in [2.45, 2.75) is 12.8 Å². The molecule has 1 aromatic heterocycles. The third kappa shape index (κ3) is 3.44. The van der Waals surface area contributed by atoms with Crippen molar-refractivity contribution in [3.8, 4) is 11.3 Å². The van der Waals surface area contributed by atoms with Crippen LogP contribution in [-0.2, 0) is 10.2 Å². The van der Waals surface area contributed by atoms with Gasteiger partial charge in [-0.05, 0) is 12.8 Å². The minimum Gasteiger partial charge on any atom is -0.345 e. The third-order valence-electron chi connectivity index (χ3n) is 4.79. The summed E-state index contributed by atoms with van der Waals surface area (Å²) in [5.41, 5.74) is 2.09. The van der Waals surface area contributed by atoms with Crippen LogP contribution in [0, 0.1) is 0 Å². The number of thiazole rings is 1. The molecule has 0 bridgehead atoms. The second-order valence-electron chi connectivity index (χ2n) is 6.38. The van der Waals surface area contributed by atoms with Gasteiger partial charge in [0.1, 0.15) is 0 Å². The number of piperazine rings is 1. The van der Waals surface area contributed by atoms with E-state index in [4.69, 9.17) is 4.98 Å². The molecule has 8 heteroatoms. The Balaban J connectivity index is 1.41. The Morgan fingerprint density at radius 1 is 0.880 bits per heavy atom. The number of rotatable bonds is 4. The number of aromatic nitrogens is 1. The van der Waals surface area contributed by atoms with Gasteiger partial charge >= 0.3 is 0 Å². The summed E-state index contributed by atoms with van der Waals surface area (Å²) < 4.78 is 28.5. The second-order valence-corrected chi connectivity index (χ2v) is 9.15. The van der Waals surface area contributed by atoms with Crippen molar-refractivity contribution < 1.29 is 8.42 Å². The summed E-state index contributed by atoms with van der Waals surface area (Å²) >= 11 is 1.62. The van der Waals surface area contributed by atoms with Crippen molar-refractivity contribution in [1.29, 1.82) is 0 Å². The van der Waals surface area contributed by atoms with Crippen LogP contribution in [0.15, 0.2) is 35.7 Å². The monoisotopic (exact) mass is 378 g/mol. The van der Waals surface area contributed by atoms with E-state index in [1.807, 2.05) is 18.2 Å². The number of hydrogen-bond acceptors (Lipinski definition) is 5. The van der Waals surface area contributed by atoms with Gasteiger partial charge in [0.05, 0.1) is 5.69 Å². The molecule has 4 rings (SSSR count). The Morgan fingerprint density at radius 3 is 2.20 bits per heavy atom. The first-order valence-electron chi connectivity index (χ1n) is 8.66. The number of hydrogen-bond donors (Lipinski definition) is 0. The van der Waals surface area contributed by atoms with Crippen LogP contribution in [0.25, 0.3) is 11.3 Å². The molecule has 0 radical (unpaired) electrons. The quantitative estimate of drug-likeness (QED) is 0.819. The van der Waals surface area contributed by atoms with Crippen molar-refractivity contribution in [3.05, 3.63) is 35.7 Å². The van der Waals surface area contributed by atoms with Crippen LogP contribution in [0.5, 0.6) is 0 Å². The molecule has 2 aliphatic rings. The zero-order valence-electron chi connectivity index (χ0n) is 14.0. The second kappa shape index (κ2) is 7.03. The minimum atomic E-state index is -3.28. The minimum absolute atomic E-state index is 0.527. The van der Waals surface area contributed by atoms with E-state index in [1.54, 1.807) is 19.9 Å². The summed E-state index contributed by atoms with van der Waals surface area (Å²) in [5, 5.41) is 3.04. The lowest BCUT2D eigenvalue weighted by Crippen LogP contribution is -2.52. The average molecular weight is 379 g/mol. The molecule has 2 aromatic rings. The van der Waals surface area contributed by atoms with E-state index in [0.29, 0.717) is 39.3 Å². The largest absolute Gasteiger partial charge is 0.345 e. The zero-order valence-corrected chi connectivity index (χ0v) is 15.7. The summed E-state index contributed by atoms with van der Waals surface area (Å²) in [4.78, 5) is 6.92. The smallest absolute Gasteiger partial charge is 0.282 e. The Hall–Kier alpha value is -1.48. The molecule has 134 valence electrons. The molecule has 25 heavy (non-hydrogen) atoms. The molecule has 0 aliphatic carbocycles. The van der Waals surface area contributed by atoms with Crippen LogP contribution >= 0.6 is 11.3 Å². The fourth-order valence-corrected chi connectivity index (χ4v) is 5.90. The lowest BCUT2D eigenvalue weighted by Gasteiger charge is -2.35. The summed E-state index contributed by atoms with van der Waals surface area (Å²) in [6, 6.07) is 10.1. The maximum atomic E-state index is 12.6. The van der Waals surface area contributed by atoms with Gasteiger partial charge in [0.2, 0.25) is 0 Å². The van der Waals surface area contributed by atoms with Crippen LogP contribution in [0.2, 0.25) is 0 Å². The molecule has 3 heterocycles. The highest BCUT2D eigenvalue weighted by Crippen LogP contribution is 2.28. The van der Waals surface area contributed by atoms with Gasteiger partial charge < -0.3 is 4.90 Å². The number of anilines is 1. The molecule has 2 saturated heterocycles. The maximum absolute atomic E-state index is 12.6. The maximum Gasteiger partial charge on any atom is 0.282 e. The molecule has 6 nitrogen and oxygen atoms in total. The highest BCUT2D eigenvalue weighted by molar-refractivity contribution is 7.86. The van der Waals surface area contributed by atoms with Crippen molar-refractivity contribution in [3.63, 3.8) is 0 Å². The van der Waals surface area contributed by atoms with E-state index >= 15 is 0 Å². The lowest BCUT2D eigenvalue weighted by atomic mass is 10.2. The summed E-state index contributed by atoms with van der Waals surface area (Å²) in [6.45, 7) is 3.76. The van der Waals surface area contributed by atoms with E-state index in [1.165, 1.54) is 0 Å². The standard InChI is InChI=1S/C17H22N4O2S2/c22-25(23,20-8-4-5-9-20)21-12-10-19(11-13-21)17-18-16(14-24-17)15-6-2-1-3-7-15/h1-3,6-7,14H,4-5,8-13H2. The highest BCUT2D eigenvalue weighted by Gasteiger charge is 2.34. The van der Waals surface area contributed by atoms with Crippen molar-refractivity contribution in [1.82, 2.24) is 13.6 Å². The predicted molar refractivity (Wildman–Crippen MR) is 101 cm³/mol. The van der Waals surface area contributed by atoms with Crippen LogP contribution in [0.3, 0.4) is 0 Å². The molecule has 0 spiro atoms. The highest BCUT2D eigenvalue weighted by atomic mass is 32.2. The molecular weight excluding hydrogens is 356 g/mol. The first-order valence-corrected chi connectivity index (χ1v) is 10.9. The fraction of sp³-hybridized carbons (Fsp3) is 0.471. The van der Waals surface area contributed by atoms with Crippen LogP contribution in [-0.4, -0.2) is 61.3 Å². The molecular formula is C17H22N4O2S2. The van der Waals surface area contributed by atoms with Gasteiger partial charge in [0.25, 0.3) is 10.2 Å². The van der Waals surface area contributed by atoms with E-state index in [2.05, 4.69) is 22.4 Å². The molecule has 2 fully saturated rings. The first-order chi connectivity index (χ1) is 12.1. The Kier molecular flexibility index (Phi) is 4.77. The molecule has 0 amide bonds. The first kappa shape index (κ1) is 17.0. The lowest BCUT2D eigenvalue weighted by molar-refractivity contribution is 0.343. The Labute approximate surface area is 152 Å². The average Bonchev–Trinajstić information content (AvgIpc) is 3.35. The van der Waals surface area contributed by atoms with Crippen molar-refractivity contribution in [2.24, 2.45) is 0 Å². The van der Waals surface area contributed by atoms with Gasteiger partial charge in [0, 0.05) is 50.2 Å². The van der Waals surface area contributed by atoms with E-state index in [9.17, 15) is 8.42 Å². The van der Waals surface area contributed by atoms with Gasteiger partial charge in [-0.1, -0.05) is 30.3 Å². The molecule has 0 unspecified atom stereocenters. The van der Waals surface area contributed by atoms with Gasteiger partial charge in [0.15, 0.2) is 5.13 Å². The normalized spacial score (nSPS) is 20.2. The molecule has 1 aromatic carbocycles. The fourth-order valence-electron chi connectivity index (χ4n) is 3.34. The van der Waals surface area contributed by atoms with E-state index < -0.39 is 10.2 Å². The van der Waals surface area contributed by atoms with Gasteiger partial charge in [-0.2, -0.15) is 17.0 Å². The molecule has 2 aliphatic heterocycles. The summed E-state index contributed by atoms with van der Waals surface area (Å²) in [5.74, 6) is 0. The predicted octanol–water partition coefficient (Wildman–Crippen LogP) is 2.27. The number of nitrogens with zero attached hydrogens (tertiary/aromatic N) is 4. The Morgan fingerprint density at radius 2 is 1.52 bits per heavy atom. The van der Waals surface area contributed by atoms with Crippen LogP contribution in [0.4, 0.5) is 5.13 Å². The van der Waals surface area contributed by atoms with E-state index in [0.717, 1.165) is 29.2 Å².